The van der Waals surface area contributed by atoms with Crippen molar-refractivity contribution in [2.45, 2.75) is 13.5 Å². The van der Waals surface area contributed by atoms with E-state index in [1.165, 1.54) is 0 Å². The number of ether oxygens (including phenoxy) is 2. The van der Waals surface area contributed by atoms with Gasteiger partial charge in [0.15, 0.2) is 17.2 Å². The van der Waals surface area contributed by atoms with Gasteiger partial charge in [0.25, 0.3) is 5.91 Å². The topological polar surface area (TPSA) is 78.3 Å². The van der Waals surface area contributed by atoms with E-state index in [0.717, 1.165) is 11.3 Å². The van der Waals surface area contributed by atoms with E-state index in [1.54, 1.807) is 23.7 Å². The summed E-state index contributed by atoms with van der Waals surface area (Å²) in [5.74, 6) is 1.10. The number of amides is 1. The zero-order valence-corrected chi connectivity index (χ0v) is 14.7. The van der Waals surface area contributed by atoms with Gasteiger partial charge in [0.05, 0.1) is 11.4 Å². The van der Waals surface area contributed by atoms with Crippen LogP contribution in [0.2, 0.25) is 5.02 Å². The van der Waals surface area contributed by atoms with Gasteiger partial charge in [0.1, 0.15) is 0 Å². The van der Waals surface area contributed by atoms with Gasteiger partial charge in [-0.05, 0) is 48.9 Å². The fraction of sp³-hybridized carbons (Fsp3) is 0.167. The van der Waals surface area contributed by atoms with Crippen molar-refractivity contribution >= 4 is 17.5 Å². The number of hydrogen-bond donors (Lipinski definition) is 1. The average Bonchev–Trinajstić information content (AvgIpc) is 3.26. The summed E-state index contributed by atoms with van der Waals surface area (Å²) in [4.78, 5) is 12.5. The molecule has 1 N–H and O–H groups in total. The Balaban J connectivity index is 1.47. The van der Waals surface area contributed by atoms with Crippen molar-refractivity contribution in [2.24, 2.45) is 0 Å². The van der Waals surface area contributed by atoms with Gasteiger partial charge in [-0.15, -0.1) is 5.10 Å². The lowest BCUT2D eigenvalue weighted by Gasteiger charge is -2.06. The van der Waals surface area contributed by atoms with Gasteiger partial charge < -0.3 is 14.8 Å². The highest BCUT2D eigenvalue weighted by Crippen LogP contribution is 2.32. The van der Waals surface area contributed by atoms with Crippen LogP contribution in [0.25, 0.3) is 5.69 Å². The number of halogens is 1. The summed E-state index contributed by atoms with van der Waals surface area (Å²) in [6.45, 7) is 2.37. The minimum absolute atomic E-state index is 0.220. The number of rotatable bonds is 4. The molecule has 0 spiro atoms. The molecule has 132 valence electrons. The van der Waals surface area contributed by atoms with Crippen LogP contribution in [-0.2, 0) is 6.54 Å². The normalized spacial score (nSPS) is 12.2. The van der Waals surface area contributed by atoms with E-state index in [4.69, 9.17) is 21.1 Å². The van der Waals surface area contributed by atoms with Crippen LogP contribution in [0.1, 0.15) is 21.7 Å². The summed E-state index contributed by atoms with van der Waals surface area (Å²) in [6.07, 6.45) is 0. The monoisotopic (exact) mass is 370 g/mol. The van der Waals surface area contributed by atoms with Crippen LogP contribution in [-0.4, -0.2) is 27.7 Å². The molecule has 2 heterocycles. The lowest BCUT2D eigenvalue weighted by molar-refractivity contribution is 0.0945. The third-order valence-corrected chi connectivity index (χ3v) is 4.32. The first-order valence-corrected chi connectivity index (χ1v) is 8.34. The van der Waals surface area contributed by atoms with Crippen molar-refractivity contribution in [2.75, 3.05) is 6.79 Å². The molecule has 4 rings (SSSR count). The zero-order valence-electron chi connectivity index (χ0n) is 13.9. The fourth-order valence-corrected chi connectivity index (χ4v) is 2.81. The van der Waals surface area contributed by atoms with Crippen LogP contribution in [0.3, 0.4) is 0 Å². The minimum atomic E-state index is -0.291. The highest BCUT2D eigenvalue weighted by atomic mass is 35.5. The molecule has 2 aromatic carbocycles. The Hall–Kier alpha value is -3.06. The molecule has 1 aliphatic rings. The van der Waals surface area contributed by atoms with Crippen molar-refractivity contribution in [3.8, 4) is 17.2 Å². The van der Waals surface area contributed by atoms with E-state index < -0.39 is 0 Å². The summed E-state index contributed by atoms with van der Waals surface area (Å²) in [7, 11) is 0. The van der Waals surface area contributed by atoms with Crippen molar-refractivity contribution in [3.63, 3.8) is 0 Å². The van der Waals surface area contributed by atoms with E-state index in [0.29, 0.717) is 28.8 Å². The molecule has 1 amide bonds. The Bertz CT molecular complexity index is 969. The average molecular weight is 371 g/mol. The summed E-state index contributed by atoms with van der Waals surface area (Å²) in [5.41, 5.74) is 2.62. The molecule has 0 aliphatic carbocycles. The van der Waals surface area contributed by atoms with Crippen LogP contribution >= 0.6 is 11.6 Å². The van der Waals surface area contributed by atoms with Crippen LogP contribution in [0, 0.1) is 6.92 Å². The molecule has 0 atom stereocenters. The molecule has 1 aliphatic heterocycles. The first kappa shape index (κ1) is 16.4. The Morgan fingerprint density at radius 2 is 1.96 bits per heavy atom. The maximum Gasteiger partial charge on any atom is 0.274 e. The van der Waals surface area contributed by atoms with Crippen LogP contribution in [0.15, 0.2) is 42.5 Å². The van der Waals surface area contributed by atoms with E-state index in [1.807, 2.05) is 30.3 Å². The van der Waals surface area contributed by atoms with Crippen LogP contribution in [0.5, 0.6) is 11.5 Å². The largest absolute Gasteiger partial charge is 0.454 e. The molecular weight excluding hydrogens is 356 g/mol. The number of fused-ring (bicyclic) bond motifs is 1. The van der Waals surface area contributed by atoms with Crippen molar-refractivity contribution in [1.82, 2.24) is 20.3 Å². The van der Waals surface area contributed by atoms with E-state index in [2.05, 4.69) is 15.6 Å². The predicted octanol–water partition coefficient (Wildman–Crippen LogP) is 2.89. The number of benzene rings is 2. The lowest BCUT2D eigenvalue weighted by atomic mass is 10.2. The second kappa shape index (κ2) is 6.68. The van der Waals surface area contributed by atoms with Crippen molar-refractivity contribution in [3.05, 3.63) is 64.4 Å². The Kier molecular flexibility index (Phi) is 4.22. The van der Waals surface area contributed by atoms with Gasteiger partial charge >= 0.3 is 0 Å². The Morgan fingerprint density at radius 1 is 1.19 bits per heavy atom. The second-order valence-electron chi connectivity index (χ2n) is 5.78. The predicted molar refractivity (Wildman–Crippen MR) is 94.8 cm³/mol. The third kappa shape index (κ3) is 3.09. The van der Waals surface area contributed by atoms with Gasteiger partial charge in [-0.3, -0.25) is 4.79 Å². The fourth-order valence-electron chi connectivity index (χ4n) is 2.68. The summed E-state index contributed by atoms with van der Waals surface area (Å²) in [6, 6.07) is 12.7. The first-order valence-electron chi connectivity index (χ1n) is 7.97. The zero-order chi connectivity index (χ0) is 18.1. The molecule has 0 saturated carbocycles. The third-order valence-electron chi connectivity index (χ3n) is 4.07. The summed E-state index contributed by atoms with van der Waals surface area (Å²) < 4.78 is 12.2. The molecule has 0 fully saturated rings. The van der Waals surface area contributed by atoms with E-state index >= 15 is 0 Å². The summed E-state index contributed by atoms with van der Waals surface area (Å²) in [5, 5.41) is 11.6. The number of carbonyl (C=O) groups is 1. The molecule has 0 saturated heterocycles. The quantitative estimate of drug-likeness (QED) is 0.764. The van der Waals surface area contributed by atoms with Crippen molar-refractivity contribution < 1.29 is 14.3 Å². The number of hydrogen-bond acceptors (Lipinski definition) is 5. The smallest absolute Gasteiger partial charge is 0.274 e. The van der Waals surface area contributed by atoms with Crippen LogP contribution < -0.4 is 14.8 Å². The molecule has 0 unspecified atom stereocenters. The van der Waals surface area contributed by atoms with Crippen molar-refractivity contribution in [1.29, 1.82) is 0 Å². The molecule has 8 heteroatoms. The number of nitrogens with one attached hydrogen (secondary N) is 1. The molecule has 0 bridgehead atoms. The number of aromatic nitrogens is 3. The standard InChI is InChI=1S/C18H15ClN4O3/c1-11-17(21-22-23(11)14-5-3-13(19)4-6-14)18(24)20-9-12-2-7-15-16(8-12)26-10-25-15/h2-8H,9-10H2,1H3,(H,20,24). The van der Waals surface area contributed by atoms with Gasteiger partial charge in [0, 0.05) is 11.6 Å². The first-order chi connectivity index (χ1) is 12.6. The molecule has 26 heavy (non-hydrogen) atoms. The molecular formula is C18H15ClN4O3. The lowest BCUT2D eigenvalue weighted by Crippen LogP contribution is -2.24. The molecule has 1 aromatic heterocycles. The van der Waals surface area contributed by atoms with Gasteiger partial charge in [0.2, 0.25) is 6.79 Å². The molecule has 3 aromatic rings. The SMILES string of the molecule is Cc1c(C(=O)NCc2ccc3c(c2)OCO3)nnn1-c1ccc(Cl)cc1. The Labute approximate surface area is 154 Å². The van der Waals surface area contributed by atoms with Gasteiger partial charge in [-0.2, -0.15) is 0 Å². The maximum atomic E-state index is 12.5. The van der Waals surface area contributed by atoms with Crippen LogP contribution in [0.4, 0.5) is 0 Å². The maximum absolute atomic E-state index is 12.5. The van der Waals surface area contributed by atoms with Gasteiger partial charge in [-0.1, -0.05) is 22.9 Å². The number of nitrogens with zero attached hydrogens (tertiary/aromatic N) is 3. The second-order valence-corrected chi connectivity index (χ2v) is 6.22. The highest BCUT2D eigenvalue weighted by molar-refractivity contribution is 6.30. The Morgan fingerprint density at radius 3 is 2.77 bits per heavy atom. The highest BCUT2D eigenvalue weighted by Gasteiger charge is 2.18. The minimum Gasteiger partial charge on any atom is -0.454 e. The van der Waals surface area contributed by atoms with Gasteiger partial charge in [-0.25, -0.2) is 4.68 Å². The molecule has 0 radical (unpaired) electrons. The molecule has 7 nitrogen and oxygen atoms in total. The number of carbonyl (C=O) groups excluding carboxylic acids is 1. The summed E-state index contributed by atoms with van der Waals surface area (Å²) >= 11 is 5.90. The van der Waals surface area contributed by atoms with E-state index in [-0.39, 0.29) is 18.4 Å². The van der Waals surface area contributed by atoms with E-state index in [9.17, 15) is 4.79 Å².